The predicted molar refractivity (Wildman–Crippen MR) is 103 cm³/mol. The number of rotatable bonds is 6. The summed E-state index contributed by atoms with van der Waals surface area (Å²) in [6.45, 7) is 1.77. The maximum absolute atomic E-state index is 12.2. The number of anilines is 1. The van der Waals surface area contributed by atoms with Crippen LogP contribution in [-0.2, 0) is 14.8 Å². The van der Waals surface area contributed by atoms with Crippen molar-refractivity contribution in [2.75, 3.05) is 19.4 Å². The lowest BCUT2D eigenvalue weighted by Gasteiger charge is -2.13. The van der Waals surface area contributed by atoms with Crippen LogP contribution in [0.3, 0.4) is 0 Å². The van der Waals surface area contributed by atoms with Crippen molar-refractivity contribution >= 4 is 49.3 Å². The van der Waals surface area contributed by atoms with Crippen molar-refractivity contribution in [3.05, 3.63) is 47.1 Å². The Hall–Kier alpha value is -1.42. The number of benzene rings is 1. The van der Waals surface area contributed by atoms with Crippen molar-refractivity contribution in [1.82, 2.24) is 9.29 Å². The average Bonchev–Trinajstić information content (AvgIpc) is 2.57. The van der Waals surface area contributed by atoms with Gasteiger partial charge in [-0.3, -0.25) is 4.79 Å². The Morgan fingerprint density at radius 3 is 2.36 bits per heavy atom. The second-order valence-corrected chi connectivity index (χ2v) is 9.80. The van der Waals surface area contributed by atoms with Gasteiger partial charge < -0.3 is 5.32 Å². The van der Waals surface area contributed by atoms with Crippen molar-refractivity contribution in [3.63, 3.8) is 0 Å². The number of carbonyl (C=O) groups excluding carboxylic acids is 1. The van der Waals surface area contributed by atoms with Gasteiger partial charge in [-0.1, -0.05) is 27.7 Å². The molecule has 0 radical (unpaired) electrons. The third kappa shape index (κ3) is 5.27. The number of hydrogen-bond donors (Lipinski definition) is 1. The molecule has 9 heteroatoms. The quantitative estimate of drug-likeness (QED) is 0.693. The monoisotopic (exact) mass is 443 g/mol. The Kier molecular flexibility index (Phi) is 6.61. The predicted octanol–water partition coefficient (Wildman–Crippen LogP) is 3.21. The number of nitrogens with zero attached hydrogens (tertiary/aromatic N) is 2. The zero-order valence-corrected chi connectivity index (χ0v) is 17.2. The van der Waals surface area contributed by atoms with Gasteiger partial charge in [-0.2, -0.15) is 0 Å². The minimum Gasteiger partial charge on any atom is -0.325 e. The molecule has 0 fully saturated rings. The highest BCUT2D eigenvalue weighted by Crippen LogP contribution is 2.24. The Morgan fingerprint density at radius 2 is 1.84 bits per heavy atom. The molecule has 0 spiro atoms. The van der Waals surface area contributed by atoms with Crippen LogP contribution in [-0.4, -0.2) is 43.0 Å². The first-order valence-corrected chi connectivity index (χ1v) is 10.4. The number of carbonyl (C=O) groups is 1. The van der Waals surface area contributed by atoms with E-state index >= 15 is 0 Å². The van der Waals surface area contributed by atoms with E-state index < -0.39 is 10.0 Å². The van der Waals surface area contributed by atoms with Gasteiger partial charge in [-0.05, 0) is 43.3 Å². The first-order chi connectivity index (χ1) is 11.7. The van der Waals surface area contributed by atoms with Crippen molar-refractivity contribution in [2.45, 2.75) is 22.1 Å². The molecule has 0 aliphatic heterocycles. The van der Waals surface area contributed by atoms with E-state index in [1.165, 1.54) is 38.1 Å². The number of hydrogen-bond acceptors (Lipinski definition) is 5. The van der Waals surface area contributed by atoms with Crippen LogP contribution >= 0.6 is 27.7 Å². The Labute approximate surface area is 160 Å². The topological polar surface area (TPSA) is 79.4 Å². The lowest BCUT2D eigenvalue weighted by molar-refractivity contribution is -0.115. The minimum atomic E-state index is -3.50. The molecule has 0 saturated carbocycles. The van der Waals surface area contributed by atoms with E-state index in [-0.39, 0.29) is 16.1 Å². The smallest absolute Gasteiger partial charge is 0.244 e. The van der Waals surface area contributed by atoms with E-state index in [1.54, 1.807) is 25.1 Å². The third-order valence-corrected chi connectivity index (χ3v) is 6.64. The van der Waals surface area contributed by atoms with E-state index in [4.69, 9.17) is 0 Å². The first kappa shape index (κ1) is 19.9. The SMILES string of the molecule is C[C@@H](Sc1ccc(S(=O)(=O)N(C)C)cn1)C(=O)Nc1ccc(Br)cc1. The van der Waals surface area contributed by atoms with Crippen molar-refractivity contribution in [3.8, 4) is 0 Å². The molecule has 0 saturated heterocycles. The Bertz CT molecular complexity index is 838. The highest BCUT2D eigenvalue weighted by molar-refractivity contribution is 9.10. The van der Waals surface area contributed by atoms with Gasteiger partial charge in [-0.25, -0.2) is 17.7 Å². The maximum Gasteiger partial charge on any atom is 0.244 e. The maximum atomic E-state index is 12.2. The number of nitrogens with one attached hydrogen (secondary N) is 1. The molecule has 1 heterocycles. The number of amides is 1. The Morgan fingerprint density at radius 1 is 1.20 bits per heavy atom. The summed E-state index contributed by atoms with van der Waals surface area (Å²) in [4.78, 5) is 16.5. The van der Waals surface area contributed by atoms with Gasteiger partial charge in [0.2, 0.25) is 15.9 Å². The van der Waals surface area contributed by atoms with Gasteiger partial charge >= 0.3 is 0 Å². The van der Waals surface area contributed by atoms with Crippen molar-refractivity contribution in [2.24, 2.45) is 0 Å². The molecule has 0 aliphatic carbocycles. The van der Waals surface area contributed by atoms with E-state index in [0.29, 0.717) is 10.7 Å². The number of halogens is 1. The second-order valence-electron chi connectivity index (χ2n) is 5.38. The molecule has 1 aromatic heterocycles. The summed E-state index contributed by atoms with van der Waals surface area (Å²) < 4.78 is 26.1. The Balaban J connectivity index is 2.01. The van der Waals surface area contributed by atoms with Gasteiger partial charge in [0.05, 0.1) is 10.3 Å². The molecule has 1 aromatic carbocycles. The molecule has 1 N–H and O–H groups in total. The molecule has 25 heavy (non-hydrogen) atoms. The number of pyridine rings is 1. The third-order valence-electron chi connectivity index (χ3n) is 3.27. The molecule has 134 valence electrons. The number of sulfonamides is 1. The van der Waals surface area contributed by atoms with Gasteiger partial charge in [0.25, 0.3) is 0 Å². The molecule has 0 bridgehead atoms. The van der Waals surface area contributed by atoms with E-state index in [9.17, 15) is 13.2 Å². The molecular formula is C16H18BrN3O3S2. The summed E-state index contributed by atoms with van der Waals surface area (Å²) in [5.74, 6) is -0.154. The molecule has 0 unspecified atom stereocenters. The zero-order chi connectivity index (χ0) is 18.6. The molecular weight excluding hydrogens is 426 g/mol. The molecule has 1 atom stereocenters. The minimum absolute atomic E-state index is 0.119. The summed E-state index contributed by atoms with van der Waals surface area (Å²) in [6.07, 6.45) is 1.30. The van der Waals surface area contributed by atoms with Crippen LogP contribution in [0.25, 0.3) is 0 Å². The summed E-state index contributed by atoms with van der Waals surface area (Å²) >= 11 is 4.60. The molecule has 2 aromatic rings. The van der Waals surface area contributed by atoms with Gasteiger partial charge in [0, 0.05) is 30.5 Å². The summed E-state index contributed by atoms with van der Waals surface area (Å²) in [5, 5.41) is 3.03. The normalized spacial score (nSPS) is 12.8. The van der Waals surface area contributed by atoms with Gasteiger partial charge in [0.15, 0.2) is 0 Å². The molecule has 1 amide bonds. The standard InChI is InChI=1S/C16H18BrN3O3S2/c1-11(16(21)19-13-6-4-12(17)5-7-13)24-15-9-8-14(10-18-15)25(22,23)20(2)3/h4-11H,1-3H3,(H,19,21)/t11-/m1/s1. The van der Waals surface area contributed by atoms with Crippen LogP contribution in [0.15, 0.2) is 57.0 Å². The first-order valence-electron chi connectivity index (χ1n) is 7.32. The van der Waals surface area contributed by atoms with Crippen LogP contribution in [0.5, 0.6) is 0 Å². The number of aromatic nitrogens is 1. The van der Waals surface area contributed by atoms with Crippen LogP contribution < -0.4 is 5.32 Å². The van der Waals surface area contributed by atoms with E-state index in [0.717, 1.165) is 8.78 Å². The molecule has 6 nitrogen and oxygen atoms in total. The fraction of sp³-hybridized carbons (Fsp3) is 0.250. The second kappa shape index (κ2) is 8.31. The number of thioether (sulfide) groups is 1. The lowest BCUT2D eigenvalue weighted by atomic mass is 10.3. The fourth-order valence-electron chi connectivity index (χ4n) is 1.81. The zero-order valence-electron chi connectivity index (χ0n) is 13.9. The van der Waals surface area contributed by atoms with Crippen LogP contribution in [0.4, 0.5) is 5.69 Å². The fourth-order valence-corrected chi connectivity index (χ4v) is 3.71. The summed E-state index contributed by atoms with van der Waals surface area (Å²) in [5.41, 5.74) is 0.709. The largest absolute Gasteiger partial charge is 0.325 e. The van der Waals surface area contributed by atoms with Gasteiger partial charge in [0.1, 0.15) is 4.90 Å². The molecule has 2 rings (SSSR count). The van der Waals surface area contributed by atoms with Crippen LogP contribution in [0.1, 0.15) is 6.92 Å². The van der Waals surface area contributed by atoms with Crippen LogP contribution in [0.2, 0.25) is 0 Å². The van der Waals surface area contributed by atoms with Gasteiger partial charge in [-0.15, -0.1) is 0 Å². The summed E-state index contributed by atoms with van der Waals surface area (Å²) in [6, 6.07) is 10.4. The molecule has 0 aliphatic rings. The highest BCUT2D eigenvalue weighted by Gasteiger charge is 2.19. The van der Waals surface area contributed by atoms with E-state index in [1.807, 2.05) is 12.1 Å². The van der Waals surface area contributed by atoms with Crippen LogP contribution in [0, 0.1) is 0 Å². The van der Waals surface area contributed by atoms with E-state index in [2.05, 4.69) is 26.2 Å². The highest BCUT2D eigenvalue weighted by atomic mass is 79.9. The lowest BCUT2D eigenvalue weighted by Crippen LogP contribution is -2.23. The average molecular weight is 444 g/mol. The summed E-state index contributed by atoms with van der Waals surface area (Å²) in [7, 11) is -0.575. The van der Waals surface area contributed by atoms with Crippen molar-refractivity contribution < 1.29 is 13.2 Å². The van der Waals surface area contributed by atoms with Crippen molar-refractivity contribution in [1.29, 1.82) is 0 Å².